The molecule has 1 aromatic rings. The number of rotatable bonds is 4. The first-order chi connectivity index (χ1) is 10.6. The Morgan fingerprint density at radius 1 is 1.27 bits per heavy atom. The Morgan fingerprint density at radius 2 is 1.91 bits per heavy atom. The Labute approximate surface area is 129 Å². The van der Waals surface area contributed by atoms with Crippen molar-refractivity contribution in [3.63, 3.8) is 0 Å². The summed E-state index contributed by atoms with van der Waals surface area (Å²) in [6.45, 7) is 5.51. The van der Waals surface area contributed by atoms with E-state index in [0.717, 1.165) is 31.9 Å². The maximum absolute atomic E-state index is 12.9. The molecule has 0 radical (unpaired) electrons. The fraction of sp³-hybridized carbons (Fsp3) is 0.467. The van der Waals surface area contributed by atoms with Gasteiger partial charge in [0.25, 0.3) is 0 Å². The minimum Gasteiger partial charge on any atom is -0.370 e. The number of guanidine groups is 1. The van der Waals surface area contributed by atoms with Gasteiger partial charge in [-0.1, -0.05) is 0 Å². The van der Waals surface area contributed by atoms with Gasteiger partial charge in [-0.3, -0.25) is 4.79 Å². The van der Waals surface area contributed by atoms with Gasteiger partial charge in [0.2, 0.25) is 5.91 Å². The average molecular weight is 307 g/mol. The second kappa shape index (κ2) is 7.63. The normalized spacial score (nSPS) is 15.8. The second-order valence-corrected chi connectivity index (χ2v) is 5.08. The SMILES string of the molecule is CCNC(=O)CN=C(N)N1CCN(c2ccc(F)cc2)CC1. The van der Waals surface area contributed by atoms with Gasteiger partial charge >= 0.3 is 0 Å². The van der Waals surface area contributed by atoms with E-state index in [2.05, 4.69) is 15.2 Å². The Hall–Kier alpha value is -2.31. The van der Waals surface area contributed by atoms with Gasteiger partial charge in [0.05, 0.1) is 0 Å². The topological polar surface area (TPSA) is 74.0 Å². The number of carbonyl (C=O) groups is 1. The third-order valence-electron chi connectivity index (χ3n) is 3.55. The van der Waals surface area contributed by atoms with E-state index >= 15 is 0 Å². The zero-order valence-corrected chi connectivity index (χ0v) is 12.8. The molecule has 120 valence electrons. The van der Waals surface area contributed by atoms with Crippen molar-refractivity contribution in [1.82, 2.24) is 10.2 Å². The van der Waals surface area contributed by atoms with Crippen LogP contribution >= 0.6 is 0 Å². The summed E-state index contributed by atoms with van der Waals surface area (Å²) >= 11 is 0. The monoisotopic (exact) mass is 307 g/mol. The second-order valence-electron chi connectivity index (χ2n) is 5.08. The fourth-order valence-corrected chi connectivity index (χ4v) is 2.35. The Morgan fingerprint density at radius 3 is 2.50 bits per heavy atom. The summed E-state index contributed by atoms with van der Waals surface area (Å²) in [6.07, 6.45) is 0. The van der Waals surface area contributed by atoms with E-state index in [-0.39, 0.29) is 18.3 Å². The quantitative estimate of drug-likeness (QED) is 0.624. The van der Waals surface area contributed by atoms with Crippen LogP contribution in [-0.4, -0.2) is 56.0 Å². The van der Waals surface area contributed by atoms with E-state index in [1.165, 1.54) is 12.1 Å². The molecule has 0 unspecified atom stereocenters. The van der Waals surface area contributed by atoms with Gasteiger partial charge in [-0.15, -0.1) is 0 Å². The van der Waals surface area contributed by atoms with Crippen LogP contribution in [0.25, 0.3) is 0 Å². The first-order valence-electron chi connectivity index (χ1n) is 7.42. The number of anilines is 1. The molecule has 1 aliphatic rings. The number of amides is 1. The maximum atomic E-state index is 12.9. The van der Waals surface area contributed by atoms with Crippen molar-refractivity contribution in [1.29, 1.82) is 0 Å². The number of aliphatic imine (C=N–C) groups is 1. The average Bonchev–Trinajstić information content (AvgIpc) is 2.54. The van der Waals surface area contributed by atoms with Crippen LogP contribution in [0, 0.1) is 5.82 Å². The zero-order chi connectivity index (χ0) is 15.9. The minimum absolute atomic E-state index is 0.0534. The van der Waals surface area contributed by atoms with Gasteiger partial charge in [-0.2, -0.15) is 0 Å². The maximum Gasteiger partial charge on any atom is 0.241 e. The van der Waals surface area contributed by atoms with E-state index in [9.17, 15) is 9.18 Å². The molecule has 7 heteroatoms. The van der Waals surface area contributed by atoms with Gasteiger partial charge in [0.15, 0.2) is 5.96 Å². The molecular weight excluding hydrogens is 285 g/mol. The summed E-state index contributed by atoms with van der Waals surface area (Å²) in [7, 11) is 0. The summed E-state index contributed by atoms with van der Waals surface area (Å²) in [5, 5.41) is 2.68. The molecule has 0 bridgehead atoms. The van der Waals surface area contributed by atoms with Crippen molar-refractivity contribution in [3.8, 4) is 0 Å². The Balaban J connectivity index is 1.84. The molecule has 1 aromatic carbocycles. The predicted molar refractivity (Wildman–Crippen MR) is 85.4 cm³/mol. The van der Waals surface area contributed by atoms with Crippen molar-refractivity contribution in [3.05, 3.63) is 30.1 Å². The van der Waals surface area contributed by atoms with Crippen molar-refractivity contribution in [2.24, 2.45) is 10.7 Å². The molecular formula is C15H22FN5O. The lowest BCUT2D eigenvalue weighted by atomic mass is 10.2. The van der Waals surface area contributed by atoms with E-state index in [0.29, 0.717) is 12.5 Å². The van der Waals surface area contributed by atoms with E-state index < -0.39 is 0 Å². The van der Waals surface area contributed by atoms with Crippen LogP contribution in [0.2, 0.25) is 0 Å². The first-order valence-corrected chi connectivity index (χ1v) is 7.42. The van der Waals surface area contributed by atoms with E-state index in [1.807, 2.05) is 11.8 Å². The number of nitrogens with two attached hydrogens (primary N) is 1. The molecule has 22 heavy (non-hydrogen) atoms. The van der Waals surface area contributed by atoms with Crippen LogP contribution in [0.1, 0.15) is 6.92 Å². The highest BCUT2D eigenvalue weighted by atomic mass is 19.1. The number of nitrogens with one attached hydrogen (secondary N) is 1. The van der Waals surface area contributed by atoms with Crippen LogP contribution in [-0.2, 0) is 4.79 Å². The van der Waals surface area contributed by atoms with Crippen LogP contribution in [0.15, 0.2) is 29.3 Å². The predicted octanol–water partition coefficient (Wildman–Crippen LogP) is 0.399. The third-order valence-corrected chi connectivity index (χ3v) is 3.55. The molecule has 2 rings (SSSR count). The number of hydrogen-bond acceptors (Lipinski definition) is 3. The Bertz CT molecular complexity index is 523. The third kappa shape index (κ3) is 4.34. The molecule has 1 heterocycles. The number of hydrogen-bond donors (Lipinski definition) is 2. The fourth-order valence-electron chi connectivity index (χ4n) is 2.35. The van der Waals surface area contributed by atoms with Crippen molar-refractivity contribution in [2.75, 3.05) is 44.2 Å². The molecule has 0 spiro atoms. The summed E-state index contributed by atoms with van der Waals surface area (Å²) in [5.74, 6) is 0.0320. The number of likely N-dealkylation sites (N-methyl/N-ethyl adjacent to an activating group) is 1. The standard InChI is InChI=1S/C15H22FN5O/c1-2-18-14(22)11-19-15(17)21-9-7-20(8-10-21)13-5-3-12(16)4-6-13/h3-6H,2,7-11H2,1H3,(H2,17,19)(H,18,22). The van der Waals surface area contributed by atoms with Crippen LogP contribution < -0.4 is 16.0 Å². The van der Waals surface area contributed by atoms with Gasteiger partial charge < -0.3 is 20.9 Å². The number of piperazine rings is 1. The smallest absolute Gasteiger partial charge is 0.241 e. The van der Waals surface area contributed by atoms with Crippen LogP contribution in [0.4, 0.5) is 10.1 Å². The number of nitrogens with zero attached hydrogens (tertiary/aromatic N) is 3. The highest BCUT2D eigenvalue weighted by molar-refractivity contribution is 5.84. The molecule has 0 saturated carbocycles. The molecule has 0 aliphatic carbocycles. The largest absolute Gasteiger partial charge is 0.370 e. The van der Waals surface area contributed by atoms with E-state index in [4.69, 9.17) is 5.73 Å². The molecule has 0 aromatic heterocycles. The van der Waals surface area contributed by atoms with Crippen LogP contribution in [0.3, 0.4) is 0 Å². The molecule has 1 saturated heterocycles. The van der Waals surface area contributed by atoms with Crippen LogP contribution in [0.5, 0.6) is 0 Å². The van der Waals surface area contributed by atoms with Gasteiger partial charge in [0, 0.05) is 38.4 Å². The van der Waals surface area contributed by atoms with Gasteiger partial charge in [-0.25, -0.2) is 9.38 Å². The number of carbonyl (C=O) groups excluding carboxylic acids is 1. The van der Waals surface area contributed by atoms with Crippen molar-refractivity contribution in [2.45, 2.75) is 6.92 Å². The summed E-state index contributed by atoms with van der Waals surface area (Å²) in [6, 6.07) is 6.47. The molecule has 0 atom stereocenters. The van der Waals surface area contributed by atoms with Gasteiger partial charge in [0.1, 0.15) is 12.4 Å². The lowest BCUT2D eigenvalue weighted by Gasteiger charge is -2.36. The molecule has 1 fully saturated rings. The number of benzene rings is 1. The molecule has 3 N–H and O–H groups in total. The summed E-state index contributed by atoms with van der Waals surface area (Å²) < 4.78 is 12.9. The molecule has 6 nitrogen and oxygen atoms in total. The highest BCUT2D eigenvalue weighted by Crippen LogP contribution is 2.16. The zero-order valence-electron chi connectivity index (χ0n) is 12.8. The number of halogens is 1. The Kier molecular flexibility index (Phi) is 5.57. The van der Waals surface area contributed by atoms with Gasteiger partial charge in [-0.05, 0) is 31.2 Å². The minimum atomic E-state index is -0.232. The summed E-state index contributed by atoms with van der Waals surface area (Å²) in [4.78, 5) is 19.6. The van der Waals surface area contributed by atoms with Crippen molar-refractivity contribution < 1.29 is 9.18 Å². The first kappa shape index (κ1) is 16.1. The highest BCUT2D eigenvalue weighted by Gasteiger charge is 2.18. The lowest BCUT2D eigenvalue weighted by Crippen LogP contribution is -2.51. The van der Waals surface area contributed by atoms with Crippen molar-refractivity contribution >= 4 is 17.6 Å². The lowest BCUT2D eigenvalue weighted by molar-refractivity contribution is -0.119. The molecule has 1 aliphatic heterocycles. The summed E-state index contributed by atoms with van der Waals surface area (Å²) in [5.41, 5.74) is 6.92. The van der Waals surface area contributed by atoms with E-state index in [1.54, 1.807) is 12.1 Å². The molecule has 1 amide bonds.